The molecule has 1 aromatic rings. The maximum absolute atomic E-state index is 3.41. The topological polar surface area (TPSA) is 12.0 Å². The molecule has 82 valence electrons. The van der Waals surface area contributed by atoms with Gasteiger partial charge in [-0.3, -0.25) is 0 Å². The first-order valence-electron chi connectivity index (χ1n) is 5.86. The average molecular weight is 203 g/mol. The molecule has 0 saturated carbocycles. The Morgan fingerprint density at radius 3 is 2.73 bits per heavy atom. The first kappa shape index (κ1) is 10.7. The predicted molar refractivity (Wildman–Crippen MR) is 65.0 cm³/mol. The van der Waals surface area contributed by atoms with E-state index in [1.165, 1.54) is 24.0 Å². The SMILES string of the molecule is CC(C)(C)Cc1ccc2c(c1)CCNC2. The van der Waals surface area contributed by atoms with E-state index in [0.29, 0.717) is 5.41 Å². The summed E-state index contributed by atoms with van der Waals surface area (Å²) in [4.78, 5) is 0. The van der Waals surface area contributed by atoms with E-state index in [0.717, 1.165) is 13.1 Å². The van der Waals surface area contributed by atoms with E-state index in [4.69, 9.17) is 0 Å². The third kappa shape index (κ3) is 2.82. The number of rotatable bonds is 1. The van der Waals surface area contributed by atoms with Crippen LogP contribution in [-0.2, 0) is 19.4 Å². The summed E-state index contributed by atoms with van der Waals surface area (Å²) in [6, 6.07) is 6.99. The molecule has 0 atom stereocenters. The molecule has 0 unspecified atom stereocenters. The maximum Gasteiger partial charge on any atom is 0.0208 e. The summed E-state index contributed by atoms with van der Waals surface area (Å²) in [5.74, 6) is 0. The first-order valence-corrected chi connectivity index (χ1v) is 5.86. The standard InChI is InChI=1S/C14H21N/c1-14(2,3)9-11-4-5-13-10-15-7-6-12(13)8-11/h4-5,8,15H,6-7,9-10H2,1-3H3. The summed E-state index contributed by atoms with van der Waals surface area (Å²) in [7, 11) is 0. The van der Waals surface area contributed by atoms with Gasteiger partial charge in [-0.1, -0.05) is 39.0 Å². The molecule has 15 heavy (non-hydrogen) atoms. The molecule has 1 aliphatic rings. The number of hydrogen-bond donors (Lipinski definition) is 1. The fourth-order valence-electron chi connectivity index (χ4n) is 2.25. The van der Waals surface area contributed by atoms with E-state index in [9.17, 15) is 0 Å². The zero-order valence-electron chi connectivity index (χ0n) is 10.1. The van der Waals surface area contributed by atoms with E-state index in [1.807, 2.05) is 0 Å². The highest BCUT2D eigenvalue weighted by Crippen LogP contribution is 2.23. The molecule has 1 heteroatoms. The van der Waals surface area contributed by atoms with Crippen molar-refractivity contribution < 1.29 is 0 Å². The Kier molecular flexibility index (Phi) is 2.83. The van der Waals surface area contributed by atoms with Crippen LogP contribution in [-0.4, -0.2) is 6.54 Å². The average Bonchev–Trinajstić information content (AvgIpc) is 2.15. The molecule has 0 saturated heterocycles. The predicted octanol–water partition coefficient (Wildman–Crippen LogP) is 2.92. The molecule has 0 amide bonds. The molecule has 0 aliphatic carbocycles. The highest BCUT2D eigenvalue weighted by molar-refractivity contribution is 5.34. The van der Waals surface area contributed by atoms with Crippen LogP contribution in [0.2, 0.25) is 0 Å². The summed E-state index contributed by atoms with van der Waals surface area (Å²) in [6.07, 6.45) is 2.36. The molecule has 0 radical (unpaired) electrons. The fraction of sp³-hybridized carbons (Fsp3) is 0.571. The van der Waals surface area contributed by atoms with Crippen molar-refractivity contribution in [3.63, 3.8) is 0 Å². The van der Waals surface area contributed by atoms with E-state index in [1.54, 1.807) is 5.56 Å². The smallest absolute Gasteiger partial charge is 0.0208 e. The molecule has 1 aromatic carbocycles. The van der Waals surface area contributed by atoms with Crippen molar-refractivity contribution in [2.24, 2.45) is 5.41 Å². The number of benzene rings is 1. The van der Waals surface area contributed by atoms with Crippen molar-refractivity contribution >= 4 is 0 Å². The van der Waals surface area contributed by atoms with E-state index < -0.39 is 0 Å². The van der Waals surface area contributed by atoms with Gasteiger partial charge in [-0.25, -0.2) is 0 Å². The van der Waals surface area contributed by atoms with Gasteiger partial charge in [0.25, 0.3) is 0 Å². The Labute approximate surface area is 92.9 Å². The van der Waals surface area contributed by atoms with Gasteiger partial charge in [0.1, 0.15) is 0 Å². The quantitative estimate of drug-likeness (QED) is 0.740. The van der Waals surface area contributed by atoms with Crippen molar-refractivity contribution in [3.05, 3.63) is 34.9 Å². The minimum Gasteiger partial charge on any atom is -0.312 e. The molecule has 0 spiro atoms. The molecule has 1 nitrogen and oxygen atoms in total. The molecule has 1 heterocycles. The van der Waals surface area contributed by atoms with Gasteiger partial charge in [-0.05, 0) is 41.5 Å². The van der Waals surface area contributed by atoms with Crippen molar-refractivity contribution in [2.45, 2.75) is 40.2 Å². The van der Waals surface area contributed by atoms with Gasteiger partial charge in [0.2, 0.25) is 0 Å². The van der Waals surface area contributed by atoms with Crippen LogP contribution >= 0.6 is 0 Å². The Morgan fingerprint density at radius 1 is 1.20 bits per heavy atom. The fourth-order valence-corrected chi connectivity index (χ4v) is 2.25. The Morgan fingerprint density at radius 2 is 2.00 bits per heavy atom. The van der Waals surface area contributed by atoms with Crippen LogP contribution in [0.25, 0.3) is 0 Å². The summed E-state index contributed by atoms with van der Waals surface area (Å²) >= 11 is 0. The largest absolute Gasteiger partial charge is 0.312 e. The van der Waals surface area contributed by atoms with Crippen molar-refractivity contribution in [2.75, 3.05) is 6.54 Å². The summed E-state index contributed by atoms with van der Waals surface area (Å²) in [6.45, 7) is 9.08. The van der Waals surface area contributed by atoms with Gasteiger partial charge in [-0.2, -0.15) is 0 Å². The molecule has 2 rings (SSSR count). The second-order valence-corrected chi connectivity index (χ2v) is 5.77. The van der Waals surface area contributed by atoms with Crippen LogP contribution in [0.15, 0.2) is 18.2 Å². The van der Waals surface area contributed by atoms with Gasteiger partial charge in [0.05, 0.1) is 0 Å². The van der Waals surface area contributed by atoms with Crippen molar-refractivity contribution in [1.29, 1.82) is 0 Å². The van der Waals surface area contributed by atoms with Crippen LogP contribution in [0.3, 0.4) is 0 Å². The molecule has 0 aromatic heterocycles. The molecule has 1 aliphatic heterocycles. The second kappa shape index (κ2) is 3.97. The minimum atomic E-state index is 0.390. The lowest BCUT2D eigenvalue weighted by Gasteiger charge is -2.21. The molecular formula is C14H21N. The Bertz CT molecular complexity index is 347. The Balaban J connectivity index is 2.21. The van der Waals surface area contributed by atoms with E-state index in [-0.39, 0.29) is 0 Å². The lowest BCUT2D eigenvalue weighted by atomic mass is 9.86. The van der Waals surface area contributed by atoms with Crippen molar-refractivity contribution in [1.82, 2.24) is 5.32 Å². The third-order valence-corrected chi connectivity index (χ3v) is 2.89. The van der Waals surface area contributed by atoms with Crippen LogP contribution in [0.1, 0.15) is 37.5 Å². The van der Waals surface area contributed by atoms with E-state index in [2.05, 4.69) is 44.3 Å². The zero-order chi connectivity index (χ0) is 10.9. The van der Waals surface area contributed by atoms with Crippen LogP contribution in [0, 0.1) is 5.41 Å². The summed E-state index contributed by atoms with van der Waals surface area (Å²) in [5, 5.41) is 3.41. The molecule has 1 N–H and O–H groups in total. The summed E-state index contributed by atoms with van der Waals surface area (Å²) < 4.78 is 0. The van der Waals surface area contributed by atoms with Gasteiger partial charge >= 0.3 is 0 Å². The zero-order valence-corrected chi connectivity index (χ0v) is 10.1. The highest BCUT2D eigenvalue weighted by atomic mass is 14.9. The molecule has 0 fully saturated rings. The number of hydrogen-bond acceptors (Lipinski definition) is 1. The van der Waals surface area contributed by atoms with Crippen LogP contribution in [0.5, 0.6) is 0 Å². The number of fused-ring (bicyclic) bond motifs is 1. The lowest BCUT2D eigenvalue weighted by molar-refractivity contribution is 0.411. The van der Waals surface area contributed by atoms with Gasteiger partial charge in [-0.15, -0.1) is 0 Å². The monoisotopic (exact) mass is 203 g/mol. The lowest BCUT2D eigenvalue weighted by Crippen LogP contribution is -2.23. The second-order valence-electron chi connectivity index (χ2n) is 5.77. The first-order chi connectivity index (χ1) is 7.04. The maximum atomic E-state index is 3.41. The Hall–Kier alpha value is -0.820. The van der Waals surface area contributed by atoms with Crippen molar-refractivity contribution in [3.8, 4) is 0 Å². The minimum absolute atomic E-state index is 0.390. The van der Waals surface area contributed by atoms with Gasteiger partial charge < -0.3 is 5.32 Å². The van der Waals surface area contributed by atoms with Crippen LogP contribution < -0.4 is 5.32 Å². The van der Waals surface area contributed by atoms with Gasteiger partial charge in [0.15, 0.2) is 0 Å². The summed E-state index contributed by atoms with van der Waals surface area (Å²) in [5.41, 5.74) is 4.92. The normalized spacial score (nSPS) is 16.2. The van der Waals surface area contributed by atoms with E-state index >= 15 is 0 Å². The third-order valence-electron chi connectivity index (χ3n) is 2.89. The van der Waals surface area contributed by atoms with Crippen LogP contribution in [0.4, 0.5) is 0 Å². The molecule has 0 bridgehead atoms. The number of nitrogens with one attached hydrogen (secondary N) is 1. The highest BCUT2D eigenvalue weighted by Gasteiger charge is 2.13. The van der Waals surface area contributed by atoms with Gasteiger partial charge in [0, 0.05) is 6.54 Å². The molecular weight excluding hydrogens is 182 g/mol.